The molecule has 2 N–H and O–H groups in total. The van der Waals surface area contributed by atoms with Crippen LogP contribution in [0.15, 0.2) is 59.7 Å². The van der Waals surface area contributed by atoms with Gasteiger partial charge in [0, 0.05) is 6.92 Å². The molecular formula is C19H21N3O3. The summed E-state index contributed by atoms with van der Waals surface area (Å²) >= 11 is 0. The van der Waals surface area contributed by atoms with E-state index in [0.29, 0.717) is 5.75 Å². The van der Waals surface area contributed by atoms with E-state index in [1.165, 1.54) is 13.1 Å². The van der Waals surface area contributed by atoms with Crippen molar-refractivity contribution in [3.63, 3.8) is 0 Å². The van der Waals surface area contributed by atoms with Gasteiger partial charge < -0.3 is 10.1 Å². The third-order valence-corrected chi connectivity index (χ3v) is 3.36. The van der Waals surface area contributed by atoms with Gasteiger partial charge in [0.05, 0.1) is 12.3 Å². The predicted molar refractivity (Wildman–Crippen MR) is 96.3 cm³/mol. The molecule has 0 spiro atoms. The number of hydrogen-bond acceptors (Lipinski definition) is 4. The van der Waals surface area contributed by atoms with Crippen molar-refractivity contribution in [2.45, 2.75) is 19.9 Å². The first-order valence-corrected chi connectivity index (χ1v) is 7.91. The first-order valence-electron chi connectivity index (χ1n) is 7.91. The van der Waals surface area contributed by atoms with Crippen molar-refractivity contribution in [2.75, 3.05) is 6.61 Å². The number of nitrogens with one attached hydrogen (secondary N) is 2. The van der Waals surface area contributed by atoms with E-state index in [0.717, 1.165) is 11.1 Å². The second-order valence-corrected chi connectivity index (χ2v) is 5.48. The number of nitrogens with zero attached hydrogens (tertiary/aromatic N) is 1. The first kappa shape index (κ1) is 18.2. The molecule has 0 saturated carbocycles. The molecule has 1 atom stereocenters. The fourth-order valence-corrected chi connectivity index (χ4v) is 2.10. The van der Waals surface area contributed by atoms with Crippen molar-refractivity contribution in [1.82, 2.24) is 10.7 Å². The molecule has 25 heavy (non-hydrogen) atoms. The van der Waals surface area contributed by atoms with Crippen LogP contribution in [-0.4, -0.2) is 24.6 Å². The Kier molecular flexibility index (Phi) is 6.71. The average Bonchev–Trinajstić information content (AvgIpc) is 2.61. The third-order valence-electron chi connectivity index (χ3n) is 3.36. The second kappa shape index (κ2) is 9.22. The van der Waals surface area contributed by atoms with Gasteiger partial charge in [-0.2, -0.15) is 5.10 Å². The van der Waals surface area contributed by atoms with E-state index in [1.807, 2.05) is 37.3 Å². The van der Waals surface area contributed by atoms with Crippen LogP contribution in [-0.2, 0) is 9.59 Å². The number of benzene rings is 2. The van der Waals surface area contributed by atoms with E-state index in [-0.39, 0.29) is 24.5 Å². The smallest absolute Gasteiger partial charge is 0.258 e. The van der Waals surface area contributed by atoms with Crippen LogP contribution >= 0.6 is 0 Å². The van der Waals surface area contributed by atoms with Crippen LogP contribution in [0.1, 0.15) is 31.0 Å². The van der Waals surface area contributed by atoms with Crippen LogP contribution in [0.4, 0.5) is 0 Å². The molecule has 0 bridgehead atoms. The van der Waals surface area contributed by atoms with Crippen molar-refractivity contribution in [1.29, 1.82) is 0 Å². The maximum atomic E-state index is 12.0. The molecule has 2 amide bonds. The normalized spacial score (nSPS) is 11.8. The Morgan fingerprint density at radius 3 is 2.44 bits per heavy atom. The summed E-state index contributed by atoms with van der Waals surface area (Å²) in [7, 11) is 0. The summed E-state index contributed by atoms with van der Waals surface area (Å²) in [4.78, 5) is 22.7. The zero-order chi connectivity index (χ0) is 18.1. The lowest BCUT2D eigenvalue weighted by Crippen LogP contribution is -2.31. The number of carbonyl (C=O) groups is 2. The molecule has 0 aromatic heterocycles. The van der Waals surface area contributed by atoms with Crippen molar-refractivity contribution < 1.29 is 14.3 Å². The van der Waals surface area contributed by atoms with Gasteiger partial charge in [0.2, 0.25) is 5.91 Å². The lowest BCUT2D eigenvalue weighted by atomic mass is 10.1. The van der Waals surface area contributed by atoms with E-state index in [9.17, 15) is 9.59 Å². The maximum absolute atomic E-state index is 12.0. The fourth-order valence-electron chi connectivity index (χ4n) is 2.10. The minimum Gasteiger partial charge on any atom is -0.484 e. The predicted octanol–water partition coefficient (Wildman–Crippen LogP) is 2.41. The second-order valence-electron chi connectivity index (χ2n) is 5.48. The van der Waals surface area contributed by atoms with Gasteiger partial charge in [0.1, 0.15) is 5.75 Å². The molecule has 0 unspecified atom stereocenters. The number of carbonyl (C=O) groups excluding carboxylic acids is 2. The molecule has 2 aromatic carbocycles. The molecule has 2 aromatic rings. The fraction of sp³-hybridized carbons (Fsp3) is 0.211. The Bertz CT molecular complexity index is 727. The molecule has 0 heterocycles. The highest BCUT2D eigenvalue weighted by molar-refractivity contribution is 5.82. The first-order chi connectivity index (χ1) is 12.0. The van der Waals surface area contributed by atoms with Gasteiger partial charge in [-0.3, -0.25) is 9.59 Å². The third kappa shape index (κ3) is 6.47. The highest BCUT2D eigenvalue weighted by Crippen LogP contribution is 2.12. The average molecular weight is 339 g/mol. The number of ether oxygens (including phenoxy) is 1. The summed E-state index contributed by atoms with van der Waals surface area (Å²) in [6.45, 7) is 3.25. The van der Waals surface area contributed by atoms with E-state index in [1.54, 1.807) is 24.3 Å². The largest absolute Gasteiger partial charge is 0.484 e. The SMILES string of the molecule is CC(=O)N/N=C/c1ccc(OCC(=O)N[C@H](C)c2ccccc2)cc1. The summed E-state index contributed by atoms with van der Waals surface area (Å²) < 4.78 is 5.48. The van der Waals surface area contributed by atoms with Crippen LogP contribution < -0.4 is 15.5 Å². The minimum absolute atomic E-state index is 0.0590. The van der Waals surface area contributed by atoms with E-state index in [4.69, 9.17) is 4.74 Å². The Hall–Kier alpha value is -3.15. The number of hydrogen-bond donors (Lipinski definition) is 2. The number of hydrazone groups is 1. The molecule has 6 heteroatoms. The summed E-state index contributed by atoms with van der Waals surface area (Å²) in [5, 5.41) is 6.67. The molecule has 6 nitrogen and oxygen atoms in total. The lowest BCUT2D eigenvalue weighted by molar-refractivity contribution is -0.123. The minimum atomic E-state index is -0.230. The molecule has 0 radical (unpaired) electrons. The van der Waals surface area contributed by atoms with Crippen LogP contribution in [0.25, 0.3) is 0 Å². The van der Waals surface area contributed by atoms with E-state index >= 15 is 0 Å². The topological polar surface area (TPSA) is 79.8 Å². The molecule has 0 saturated heterocycles. The molecule has 0 aliphatic rings. The van der Waals surface area contributed by atoms with Gasteiger partial charge in [-0.25, -0.2) is 5.43 Å². The van der Waals surface area contributed by atoms with Gasteiger partial charge in [0.15, 0.2) is 6.61 Å². The van der Waals surface area contributed by atoms with E-state index < -0.39 is 0 Å². The van der Waals surface area contributed by atoms with Gasteiger partial charge in [-0.15, -0.1) is 0 Å². The van der Waals surface area contributed by atoms with Crippen LogP contribution in [0.3, 0.4) is 0 Å². The van der Waals surface area contributed by atoms with Crippen molar-refractivity contribution in [2.24, 2.45) is 5.10 Å². The highest BCUT2D eigenvalue weighted by Gasteiger charge is 2.09. The quantitative estimate of drug-likeness (QED) is 0.600. The van der Waals surface area contributed by atoms with Crippen molar-refractivity contribution in [3.8, 4) is 5.75 Å². The Morgan fingerprint density at radius 1 is 1.12 bits per heavy atom. The standard InChI is InChI=1S/C19H21N3O3/c1-14(17-6-4-3-5-7-17)21-19(24)13-25-18-10-8-16(9-11-18)12-20-22-15(2)23/h3-12,14H,13H2,1-2H3,(H,21,24)(H,22,23)/b20-12+/t14-/m1/s1. The summed E-state index contributed by atoms with van der Waals surface area (Å²) in [5.74, 6) is 0.166. The molecule has 0 aliphatic heterocycles. The highest BCUT2D eigenvalue weighted by atomic mass is 16.5. The molecule has 130 valence electrons. The molecule has 0 aliphatic carbocycles. The van der Waals surface area contributed by atoms with Gasteiger partial charge >= 0.3 is 0 Å². The summed E-state index contributed by atoms with van der Waals surface area (Å²) in [5.41, 5.74) is 4.18. The number of rotatable bonds is 7. The van der Waals surface area contributed by atoms with Gasteiger partial charge in [-0.05, 0) is 42.3 Å². The molecule has 0 fully saturated rings. The Balaban J connectivity index is 1.79. The Labute approximate surface area is 146 Å². The molecular weight excluding hydrogens is 318 g/mol. The van der Waals surface area contributed by atoms with E-state index in [2.05, 4.69) is 15.8 Å². The van der Waals surface area contributed by atoms with Gasteiger partial charge in [-0.1, -0.05) is 30.3 Å². The zero-order valence-electron chi connectivity index (χ0n) is 14.2. The van der Waals surface area contributed by atoms with Crippen molar-refractivity contribution >= 4 is 18.0 Å². The maximum Gasteiger partial charge on any atom is 0.258 e. The summed E-state index contributed by atoms with van der Waals surface area (Å²) in [6.07, 6.45) is 1.53. The number of amides is 2. The van der Waals surface area contributed by atoms with Crippen LogP contribution in [0.5, 0.6) is 5.75 Å². The lowest BCUT2D eigenvalue weighted by Gasteiger charge is -2.14. The van der Waals surface area contributed by atoms with Crippen molar-refractivity contribution in [3.05, 3.63) is 65.7 Å². The zero-order valence-corrected chi connectivity index (χ0v) is 14.2. The van der Waals surface area contributed by atoms with Gasteiger partial charge in [0.25, 0.3) is 5.91 Å². The van der Waals surface area contributed by atoms with Crippen LogP contribution in [0.2, 0.25) is 0 Å². The van der Waals surface area contributed by atoms with Crippen LogP contribution in [0, 0.1) is 0 Å². The monoisotopic (exact) mass is 339 g/mol. The Morgan fingerprint density at radius 2 is 1.80 bits per heavy atom. The summed E-state index contributed by atoms with van der Waals surface area (Å²) in [6, 6.07) is 16.7. The molecule has 2 rings (SSSR count).